The first-order valence-electron chi connectivity index (χ1n) is 19.7. The van der Waals surface area contributed by atoms with Crippen LogP contribution < -0.4 is 5.32 Å². The first kappa shape index (κ1) is 37.1. The molecule has 10 atom stereocenters. The number of carbonyl (C=O) groups is 3. The predicted octanol–water partition coefficient (Wildman–Crippen LogP) is 9.68. The second-order valence-corrected chi connectivity index (χ2v) is 19.7. The van der Waals surface area contributed by atoms with Gasteiger partial charge in [0.05, 0.1) is 17.3 Å². The second kappa shape index (κ2) is 12.5. The molecule has 50 heavy (non-hydrogen) atoms. The molecule has 0 unspecified atom stereocenters. The van der Waals surface area contributed by atoms with Crippen molar-refractivity contribution < 1.29 is 24.2 Å². The molecule has 0 radical (unpaired) electrons. The number of amides is 1. The normalized spacial score (nSPS) is 40.3. The fourth-order valence-corrected chi connectivity index (χ4v) is 13.5. The quantitative estimate of drug-likeness (QED) is 0.210. The van der Waals surface area contributed by atoms with Gasteiger partial charge in [-0.05, 0) is 149 Å². The Hall–Kier alpha value is -2.63. The average Bonchev–Trinajstić information content (AvgIpc) is 3.43. The molecule has 5 saturated carbocycles. The van der Waals surface area contributed by atoms with E-state index in [1.165, 1.54) is 23.1 Å². The number of hydrogen-bond donors (Lipinski definition) is 2. The highest BCUT2D eigenvalue weighted by molar-refractivity contribution is 5.84. The minimum atomic E-state index is -1.15. The van der Waals surface area contributed by atoms with Crippen molar-refractivity contribution in [3.8, 4) is 0 Å². The highest BCUT2D eigenvalue weighted by Crippen LogP contribution is 2.77. The highest BCUT2D eigenvalue weighted by atomic mass is 16.5. The number of fused-ring (bicyclic) bond motifs is 7. The van der Waals surface area contributed by atoms with Gasteiger partial charge in [0.1, 0.15) is 6.10 Å². The van der Waals surface area contributed by atoms with Crippen molar-refractivity contribution >= 4 is 17.8 Å². The molecular weight excluding hydrogens is 622 g/mol. The van der Waals surface area contributed by atoms with E-state index in [9.17, 15) is 19.5 Å². The van der Waals surface area contributed by atoms with Crippen LogP contribution >= 0.6 is 0 Å². The van der Waals surface area contributed by atoms with Crippen LogP contribution in [0.3, 0.4) is 0 Å². The zero-order chi connectivity index (χ0) is 36.7. The number of esters is 1. The van der Waals surface area contributed by atoms with Crippen LogP contribution in [0.1, 0.15) is 137 Å². The predicted molar refractivity (Wildman–Crippen MR) is 198 cm³/mol. The molecule has 276 valence electrons. The van der Waals surface area contributed by atoms with Crippen LogP contribution in [-0.2, 0) is 25.7 Å². The Kier molecular flexibility index (Phi) is 9.29. The molecule has 0 bridgehead atoms. The minimum absolute atomic E-state index is 0.116. The zero-order valence-electron chi connectivity index (χ0n) is 32.5. The van der Waals surface area contributed by atoms with Crippen LogP contribution in [0.25, 0.3) is 0 Å². The van der Waals surface area contributed by atoms with Gasteiger partial charge >= 0.3 is 11.9 Å². The molecule has 1 aromatic carbocycles. The topological polar surface area (TPSA) is 92.7 Å². The maximum absolute atomic E-state index is 14.5. The Morgan fingerprint density at radius 1 is 0.900 bits per heavy atom. The fraction of sp³-hybridized carbons (Fsp3) is 0.750. The molecule has 5 aliphatic carbocycles. The van der Waals surface area contributed by atoms with E-state index < -0.39 is 17.4 Å². The molecule has 2 N–H and O–H groups in total. The van der Waals surface area contributed by atoms with Crippen molar-refractivity contribution in [2.75, 3.05) is 0 Å². The van der Waals surface area contributed by atoms with E-state index >= 15 is 0 Å². The molecule has 5 fully saturated rings. The Balaban J connectivity index is 1.25. The van der Waals surface area contributed by atoms with Crippen molar-refractivity contribution in [1.29, 1.82) is 0 Å². The van der Waals surface area contributed by atoms with Gasteiger partial charge in [0.25, 0.3) is 0 Å². The van der Waals surface area contributed by atoms with E-state index in [0.29, 0.717) is 36.1 Å². The number of carbonyl (C=O) groups excluding carboxylic acids is 2. The summed E-state index contributed by atoms with van der Waals surface area (Å²) in [7, 11) is 0. The largest absolute Gasteiger partial charge is 0.481 e. The van der Waals surface area contributed by atoms with Crippen LogP contribution in [0.5, 0.6) is 0 Å². The standard InChI is InChI=1S/C44H65NO5/c1-27(2)30-17-22-44(37(47)45-26-29-14-12-11-13-28(29)3)24-23-42(9)31(36(30)44)15-16-33-41(8)20-19-34(50-35(46)25-39(4,5)38(48)49)40(6,7)32(41)18-21-43(33,42)10/h11-14,30-34,36H,1,15-26H2,2-10H3,(H,45,47)(H,48,49)/t30-,31+,32-,33+,34-,36+,41-,42+,43+,44-/m0/s1. The zero-order valence-corrected chi connectivity index (χ0v) is 32.5. The number of rotatable bonds is 8. The average molecular weight is 688 g/mol. The van der Waals surface area contributed by atoms with E-state index in [4.69, 9.17) is 4.74 Å². The molecule has 0 spiro atoms. The molecule has 1 amide bonds. The summed E-state index contributed by atoms with van der Waals surface area (Å²) in [5.74, 6) is 1.04. The lowest BCUT2D eigenvalue weighted by Crippen LogP contribution is -2.67. The Bertz CT molecular complexity index is 1540. The summed E-state index contributed by atoms with van der Waals surface area (Å²) in [6, 6.07) is 8.38. The van der Waals surface area contributed by atoms with Crippen molar-refractivity contribution in [2.45, 2.75) is 146 Å². The number of aryl methyl sites for hydroxylation is 1. The van der Waals surface area contributed by atoms with Crippen LogP contribution in [0, 0.1) is 69.0 Å². The van der Waals surface area contributed by atoms with E-state index in [1.54, 1.807) is 13.8 Å². The van der Waals surface area contributed by atoms with Crippen molar-refractivity contribution in [3.63, 3.8) is 0 Å². The van der Waals surface area contributed by atoms with Crippen LogP contribution in [0.15, 0.2) is 36.4 Å². The van der Waals surface area contributed by atoms with E-state index in [0.717, 1.165) is 57.8 Å². The number of benzene rings is 1. The molecule has 0 aliphatic heterocycles. The number of hydrogen-bond acceptors (Lipinski definition) is 4. The molecule has 6 nitrogen and oxygen atoms in total. The van der Waals surface area contributed by atoms with Gasteiger partial charge < -0.3 is 15.2 Å². The minimum Gasteiger partial charge on any atom is -0.481 e. The van der Waals surface area contributed by atoms with Crippen LogP contribution in [0.2, 0.25) is 0 Å². The molecule has 5 aliphatic rings. The summed E-state index contributed by atoms with van der Waals surface area (Å²) >= 11 is 0. The summed E-state index contributed by atoms with van der Waals surface area (Å²) in [6.45, 7) is 25.0. The van der Waals surface area contributed by atoms with Crippen molar-refractivity contribution in [1.82, 2.24) is 5.32 Å². The first-order chi connectivity index (χ1) is 23.2. The lowest BCUT2D eigenvalue weighted by Gasteiger charge is -2.72. The molecule has 6 heteroatoms. The summed E-state index contributed by atoms with van der Waals surface area (Å²) in [6.07, 6.45) is 10.1. The molecule has 6 rings (SSSR count). The fourth-order valence-electron chi connectivity index (χ4n) is 13.5. The van der Waals surface area contributed by atoms with Crippen LogP contribution in [0.4, 0.5) is 0 Å². The van der Waals surface area contributed by atoms with Gasteiger partial charge in [0, 0.05) is 12.0 Å². The van der Waals surface area contributed by atoms with Gasteiger partial charge in [-0.25, -0.2) is 0 Å². The third kappa shape index (κ3) is 5.51. The number of allylic oxidation sites excluding steroid dienone is 1. The van der Waals surface area contributed by atoms with Gasteiger partial charge in [0.15, 0.2) is 0 Å². The molecule has 0 heterocycles. The Morgan fingerprint density at radius 2 is 1.60 bits per heavy atom. The maximum Gasteiger partial charge on any atom is 0.309 e. The van der Waals surface area contributed by atoms with Gasteiger partial charge in [-0.2, -0.15) is 0 Å². The second-order valence-electron chi connectivity index (χ2n) is 19.7. The lowest BCUT2D eigenvalue weighted by atomic mass is 9.32. The number of carboxylic acid groups (broad SMARTS) is 1. The monoisotopic (exact) mass is 687 g/mol. The van der Waals surface area contributed by atoms with E-state index in [-0.39, 0.29) is 45.5 Å². The summed E-state index contributed by atoms with van der Waals surface area (Å²) in [5, 5.41) is 13.1. The molecular formula is C44H65NO5. The first-order valence-corrected chi connectivity index (χ1v) is 19.7. The van der Waals surface area contributed by atoms with Crippen LogP contribution in [-0.4, -0.2) is 29.1 Å². The third-order valence-corrected chi connectivity index (χ3v) is 16.6. The SMILES string of the molecule is C=C(C)[C@@H]1CC[C@]2(C(=O)NCc3ccccc3C)CC[C@]3(C)[C@H](CC[C@@H]4[C@@]5(C)CC[C@H](OC(=O)CC(C)(C)C(=O)O)C(C)(C)[C@@H]5CC[C@]43C)[C@@H]12. The van der Waals surface area contributed by atoms with Crippen molar-refractivity contribution in [3.05, 3.63) is 47.5 Å². The molecule has 0 saturated heterocycles. The Labute approximate surface area is 302 Å². The van der Waals surface area contributed by atoms with Crippen molar-refractivity contribution in [2.24, 2.45) is 62.1 Å². The molecule has 1 aromatic rings. The summed E-state index contributed by atoms with van der Waals surface area (Å²) in [4.78, 5) is 39.3. The van der Waals surface area contributed by atoms with Gasteiger partial charge in [-0.15, -0.1) is 0 Å². The number of nitrogens with one attached hydrogen (secondary N) is 1. The van der Waals surface area contributed by atoms with E-state index in [2.05, 4.69) is 84.6 Å². The van der Waals surface area contributed by atoms with Gasteiger partial charge in [-0.1, -0.05) is 71.0 Å². The molecule has 0 aromatic heterocycles. The van der Waals surface area contributed by atoms with Gasteiger partial charge in [-0.3, -0.25) is 14.4 Å². The van der Waals surface area contributed by atoms with E-state index in [1.807, 2.05) is 0 Å². The lowest BCUT2D eigenvalue weighted by molar-refractivity contribution is -0.249. The number of aliphatic carboxylic acids is 1. The number of ether oxygens (including phenoxy) is 1. The highest BCUT2D eigenvalue weighted by Gasteiger charge is 2.72. The van der Waals surface area contributed by atoms with Gasteiger partial charge in [0.2, 0.25) is 5.91 Å². The Morgan fingerprint density at radius 3 is 2.26 bits per heavy atom. The maximum atomic E-state index is 14.5. The summed E-state index contributed by atoms with van der Waals surface area (Å²) in [5.41, 5.74) is 2.37. The summed E-state index contributed by atoms with van der Waals surface area (Å²) < 4.78 is 6.17. The third-order valence-electron chi connectivity index (χ3n) is 16.6. The number of carboxylic acids is 1. The smallest absolute Gasteiger partial charge is 0.309 e.